The van der Waals surface area contributed by atoms with Crippen molar-refractivity contribution in [2.45, 2.75) is 16.3 Å². The van der Waals surface area contributed by atoms with Crippen molar-refractivity contribution in [1.29, 1.82) is 0 Å². The number of hydrogen-bond acceptors (Lipinski definition) is 1. The molecule has 0 amide bonds. The highest BCUT2D eigenvalue weighted by molar-refractivity contribution is 14.1. The van der Waals surface area contributed by atoms with Crippen molar-refractivity contribution in [3.05, 3.63) is 11.9 Å². The number of rotatable bonds is 4. The van der Waals surface area contributed by atoms with Crippen LogP contribution in [0.1, 0.15) is 6.42 Å². The van der Waals surface area contributed by atoms with Crippen molar-refractivity contribution in [1.82, 2.24) is 0 Å². The van der Waals surface area contributed by atoms with Crippen LogP contribution in [-0.2, 0) is 0 Å². The van der Waals surface area contributed by atoms with Crippen LogP contribution in [-0.4, -0.2) is 21.6 Å². The summed E-state index contributed by atoms with van der Waals surface area (Å²) >= 11 is 1.42. The van der Waals surface area contributed by atoms with Crippen molar-refractivity contribution in [3.63, 3.8) is 0 Å². The minimum Gasteiger partial charge on any atom is -0.395 e. The highest BCUT2D eigenvalue weighted by Gasteiger charge is 2.40. The average molecular weight is 316 g/mol. The van der Waals surface area contributed by atoms with Gasteiger partial charge < -0.3 is 5.11 Å². The van der Waals surface area contributed by atoms with Crippen LogP contribution in [0, 0.1) is 0 Å². The van der Waals surface area contributed by atoms with Crippen LogP contribution in [0.2, 0.25) is 0 Å². The SMILES string of the molecule is OCC(I)CC(F)(F)C(F)=C(F)F. The van der Waals surface area contributed by atoms with E-state index in [9.17, 15) is 22.0 Å². The zero-order valence-corrected chi connectivity index (χ0v) is 8.36. The second-order valence-corrected chi connectivity index (χ2v) is 4.02. The Balaban J connectivity index is 4.49. The molecule has 0 aromatic heterocycles. The van der Waals surface area contributed by atoms with Crippen LogP contribution in [0.25, 0.3) is 0 Å². The fourth-order valence-corrected chi connectivity index (χ4v) is 1.12. The lowest BCUT2D eigenvalue weighted by molar-refractivity contribution is 0.000114. The normalized spacial score (nSPS) is 14.1. The molecule has 0 bridgehead atoms. The molecule has 0 aliphatic heterocycles. The summed E-state index contributed by atoms with van der Waals surface area (Å²) in [7, 11) is 0. The van der Waals surface area contributed by atoms with E-state index >= 15 is 0 Å². The smallest absolute Gasteiger partial charge is 0.307 e. The van der Waals surface area contributed by atoms with Gasteiger partial charge >= 0.3 is 12.0 Å². The molecule has 0 aliphatic carbocycles. The molecular weight excluding hydrogens is 310 g/mol. The third-order valence-corrected chi connectivity index (χ3v) is 2.00. The van der Waals surface area contributed by atoms with Crippen LogP contribution in [0.5, 0.6) is 0 Å². The fraction of sp³-hybridized carbons (Fsp3) is 0.667. The number of alkyl halides is 3. The molecule has 0 saturated carbocycles. The standard InChI is InChI=1S/C6H6F5IO/c7-4(5(8)9)6(10,11)1-3(12)2-13/h3,13H,1-2H2. The molecule has 0 radical (unpaired) electrons. The second kappa shape index (κ2) is 5.08. The van der Waals surface area contributed by atoms with E-state index in [1.165, 1.54) is 22.6 Å². The molecule has 1 atom stereocenters. The Morgan fingerprint density at radius 2 is 1.77 bits per heavy atom. The van der Waals surface area contributed by atoms with Gasteiger partial charge in [0.2, 0.25) is 5.83 Å². The summed E-state index contributed by atoms with van der Waals surface area (Å²) in [5.41, 5.74) is 0. The lowest BCUT2D eigenvalue weighted by Gasteiger charge is -2.15. The first kappa shape index (κ1) is 13.1. The third kappa shape index (κ3) is 4.21. The molecular formula is C6H6F5IO. The molecule has 0 heterocycles. The van der Waals surface area contributed by atoms with Crippen molar-refractivity contribution in [2.75, 3.05) is 6.61 Å². The summed E-state index contributed by atoms with van der Waals surface area (Å²) in [6, 6.07) is 0. The Kier molecular flexibility index (Phi) is 5.11. The van der Waals surface area contributed by atoms with E-state index in [-0.39, 0.29) is 0 Å². The zero-order chi connectivity index (χ0) is 10.6. The van der Waals surface area contributed by atoms with Gasteiger partial charge in [-0.25, -0.2) is 0 Å². The van der Waals surface area contributed by atoms with E-state index in [0.29, 0.717) is 0 Å². The quantitative estimate of drug-likeness (QED) is 0.480. The molecule has 0 aromatic rings. The summed E-state index contributed by atoms with van der Waals surface area (Å²) in [6.07, 6.45) is -4.17. The first-order valence-electron chi connectivity index (χ1n) is 3.15. The molecule has 0 saturated heterocycles. The summed E-state index contributed by atoms with van der Waals surface area (Å²) in [5.74, 6) is -6.92. The van der Waals surface area contributed by atoms with Gasteiger partial charge in [0.15, 0.2) is 0 Å². The summed E-state index contributed by atoms with van der Waals surface area (Å²) in [4.78, 5) is 0. The van der Waals surface area contributed by atoms with Crippen LogP contribution in [0.15, 0.2) is 11.9 Å². The first-order chi connectivity index (χ1) is 5.81. The molecule has 0 spiro atoms. The van der Waals surface area contributed by atoms with Gasteiger partial charge in [-0.1, -0.05) is 22.6 Å². The van der Waals surface area contributed by atoms with Crippen LogP contribution in [0.3, 0.4) is 0 Å². The highest BCUT2D eigenvalue weighted by atomic mass is 127. The van der Waals surface area contributed by atoms with Gasteiger partial charge in [0.05, 0.1) is 6.61 Å². The van der Waals surface area contributed by atoms with Gasteiger partial charge in [0, 0.05) is 10.3 Å². The molecule has 78 valence electrons. The van der Waals surface area contributed by atoms with Crippen molar-refractivity contribution in [2.24, 2.45) is 0 Å². The van der Waals surface area contributed by atoms with Gasteiger partial charge in [-0.05, 0) is 0 Å². The zero-order valence-electron chi connectivity index (χ0n) is 6.21. The maximum Gasteiger partial charge on any atom is 0.307 e. The second-order valence-electron chi connectivity index (χ2n) is 2.26. The monoisotopic (exact) mass is 316 g/mol. The van der Waals surface area contributed by atoms with Gasteiger partial charge in [-0.3, -0.25) is 0 Å². The number of hydrogen-bond donors (Lipinski definition) is 1. The van der Waals surface area contributed by atoms with Crippen molar-refractivity contribution >= 4 is 22.6 Å². The Hall–Kier alpha value is 0.0800. The van der Waals surface area contributed by atoms with Gasteiger partial charge in [0.25, 0.3) is 0 Å². The lowest BCUT2D eigenvalue weighted by Crippen LogP contribution is -2.24. The van der Waals surface area contributed by atoms with E-state index in [0.717, 1.165) is 0 Å². The van der Waals surface area contributed by atoms with Gasteiger partial charge in [-0.2, -0.15) is 22.0 Å². The fourth-order valence-electron chi connectivity index (χ4n) is 0.571. The van der Waals surface area contributed by atoms with E-state index in [4.69, 9.17) is 5.11 Å². The number of halogens is 6. The number of allylic oxidation sites excluding steroid dienone is 1. The highest BCUT2D eigenvalue weighted by Crippen LogP contribution is 2.34. The Morgan fingerprint density at radius 1 is 1.31 bits per heavy atom. The van der Waals surface area contributed by atoms with E-state index in [1.807, 2.05) is 0 Å². The molecule has 1 unspecified atom stereocenters. The predicted octanol–water partition coefficient (Wildman–Crippen LogP) is 2.89. The van der Waals surface area contributed by atoms with Crippen LogP contribution < -0.4 is 0 Å². The maximum absolute atomic E-state index is 12.5. The van der Waals surface area contributed by atoms with Gasteiger partial charge in [-0.15, -0.1) is 0 Å². The molecule has 0 fully saturated rings. The topological polar surface area (TPSA) is 20.2 Å². The molecule has 0 rings (SSSR count). The molecule has 0 aromatic carbocycles. The lowest BCUT2D eigenvalue weighted by atomic mass is 10.2. The minimum absolute atomic E-state index is 0.614. The Morgan fingerprint density at radius 3 is 2.08 bits per heavy atom. The first-order valence-corrected chi connectivity index (χ1v) is 4.40. The number of aliphatic hydroxyl groups is 1. The average Bonchev–Trinajstić information content (AvgIpc) is 2.01. The predicted molar refractivity (Wildman–Crippen MR) is 44.8 cm³/mol. The molecule has 0 aliphatic rings. The third-order valence-electron chi connectivity index (χ3n) is 1.16. The minimum atomic E-state index is -4.20. The maximum atomic E-state index is 12.5. The van der Waals surface area contributed by atoms with E-state index < -0.39 is 34.8 Å². The Bertz CT molecular complexity index is 201. The van der Waals surface area contributed by atoms with E-state index in [2.05, 4.69) is 0 Å². The van der Waals surface area contributed by atoms with Crippen molar-refractivity contribution in [3.8, 4) is 0 Å². The molecule has 1 nitrogen and oxygen atoms in total. The molecule has 13 heavy (non-hydrogen) atoms. The van der Waals surface area contributed by atoms with Crippen molar-refractivity contribution < 1.29 is 27.1 Å². The number of aliphatic hydroxyl groups excluding tert-OH is 1. The molecule has 1 N–H and O–H groups in total. The Labute approximate surface area is 84.8 Å². The van der Waals surface area contributed by atoms with Crippen LogP contribution >= 0.6 is 22.6 Å². The summed E-state index contributed by atoms with van der Waals surface area (Å²) in [5, 5.41) is 8.35. The summed E-state index contributed by atoms with van der Waals surface area (Å²) < 4.78 is 59.0. The van der Waals surface area contributed by atoms with E-state index in [1.54, 1.807) is 0 Å². The largest absolute Gasteiger partial charge is 0.395 e. The summed E-state index contributed by atoms with van der Waals surface area (Å²) in [6.45, 7) is -0.614. The van der Waals surface area contributed by atoms with Crippen LogP contribution in [0.4, 0.5) is 22.0 Å². The molecule has 7 heteroatoms. The van der Waals surface area contributed by atoms with Gasteiger partial charge in [0.1, 0.15) is 0 Å².